The molecule has 0 fully saturated rings. The predicted octanol–water partition coefficient (Wildman–Crippen LogP) is 2.71. The van der Waals surface area contributed by atoms with Crippen molar-refractivity contribution in [3.8, 4) is 11.5 Å². The molecule has 1 atom stereocenters. The number of nitrogens with zero attached hydrogens (tertiary/aromatic N) is 2. The Morgan fingerprint density at radius 2 is 1.96 bits per heavy atom. The van der Waals surface area contributed by atoms with Gasteiger partial charge in [-0.15, -0.1) is 0 Å². The van der Waals surface area contributed by atoms with Crippen LogP contribution >= 0.6 is 0 Å². The van der Waals surface area contributed by atoms with Crippen LogP contribution in [0.5, 0.6) is 11.5 Å². The monoisotopic (exact) mass is 375 g/mol. The number of carbonyl (C=O) groups is 2. The third-order valence-electron chi connectivity index (χ3n) is 4.47. The SMILES string of the molecule is NC(=O)c1ccc(C(Oc2ccc3c(c2)OCCC3=O)c2ccncn2)cc1. The van der Waals surface area contributed by atoms with Crippen molar-refractivity contribution < 1.29 is 19.1 Å². The average molecular weight is 375 g/mol. The molecule has 2 N–H and O–H groups in total. The molecule has 7 nitrogen and oxygen atoms in total. The second kappa shape index (κ2) is 7.48. The normalized spacial score (nSPS) is 13.9. The Morgan fingerprint density at radius 3 is 2.68 bits per heavy atom. The van der Waals surface area contributed by atoms with Crippen molar-refractivity contribution in [1.29, 1.82) is 0 Å². The molecule has 28 heavy (non-hydrogen) atoms. The van der Waals surface area contributed by atoms with Crippen LogP contribution in [0.4, 0.5) is 0 Å². The van der Waals surface area contributed by atoms with E-state index in [9.17, 15) is 9.59 Å². The number of aromatic nitrogens is 2. The van der Waals surface area contributed by atoms with Gasteiger partial charge >= 0.3 is 0 Å². The molecule has 1 amide bonds. The van der Waals surface area contributed by atoms with E-state index >= 15 is 0 Å². The number of ether oxygens (including phenoxy) is 2. The number of fused-ring (bicyclic) bond motifs is 1. The topological polar surface area (TPSA) is 104 Å². The molecule has 3 aromatic rings. The van der Waals surface area contributed by atoms with Gasteiger partial charge in [-0.1, -0.05) is 12.1 Å². The molecule has 4 rings (SSSR count). The van der Waals surface area contributed by atoms with Gasteiger partial charge in [0.15, 0.2) is 11.9 Å². The van der Waals surface area contributed by atoms with Gasteiger partial charge in [0.2, 0.25) is 5.91 Å². The van der Waals surface area contributed by atoms with Crippen molar-refractivity contribution in [1.82, 2.24) is 9.97 Å². The maximum absolute atomic E-state index is 12.0. The summed E-state index contributed by atoms with van der Waals surface area (Å²) < 4.78 is 11.8. The molecule has 0 bridgehead atoms. The Morgan fingerprint density at radius 1 is 1.14 bits per heavy atom. The summed E-state index contributed by atoms with van der Waals surface area (Å²) in [6.07, 6.45) is 2.91. The number of benzene rings is 2. The fourth-order valence-electron chi connectivity index (χ4n) is 3.03. The van der Waals surface area contributed by atoms with Crippen molar-refractivity contribution >= 4 is 11.7 Å². The minimum atomic E-state index is -0.540. The van der Waals surface area contributed by atoms with Gasteiger partial charge in [-0.2, -0.15) is 0 Å². The van der Waals surface area contributed by atoms with Crippen LogP contribution in [-0.4, -0.2) is 28.3 Å². The van der Waals surface area contributed by atoms with Crippen molar-refractivity contribution in [2.75, 3.05) is 6.61 Å². The zero-order valence-corrected chi connectivity index (χ0v) is 14.9. The number of hydrogen-bond acceptors (Lipinski definition) is 6. The standard InChI is InChI=1S/C21H17N3O4/c22-21(26)14-3-1-13(2-4-14)20(17-7-9-23-12-24-17)28-15-5-6-16-18(25)8-10-27-19(16)11-15/h1-7,9,11-12,20H,8,10H2,(H2,22,26). The quantitative estimate of drug-likeness (QED) is 0.735. The van der Waals surface area contributed by atoms with Crippen LogP contribution in [0.15, 0.2) is 61.1 Å². The molecule has 0 radical (unpaired) electrons. The first kappa shape index (κ1) is 17.7. The summed E-state index contributed by atoms with van der Waals surface area (Å²) in [5.41, 5.74) is 7.72. The minimum absolute atomic E-state index is 0.0576. The van der Waals surface area contributed by atoms with Gasteiger partial charge in [0.25, 0.3) is 0 Å². The Kier molecular flexibility index (Phi) is 4.72. The van der Waals surface area contributed by atoms with Gasteiger partial charge in [0, 0.05) is 24.2 Å². The van der Waals surface area contributed by atoms with E-state index < -0.39 is 12.0 Å². The Hall–Kier alpha value is -3.74. The smallest absolute Gasteiger partial charge is 0.248 e. The number of Topliss-reactive ketones (excluding diaryl/α,β-unsaturated/α-hetero) is 1. The molecule has 2 aromatic carbocycles. The van der Waals surface area contributed by atoms with E-state index in [0.717, 1.165) is 5.56 Å². The molecule has 1 unspecified atom stereocenters. The van der Waals surface area contributed by atoms with Crippen molar-refractivity contribution in [3.05, 3.63) is 83.4 Å². The second-order valence-corrected chi connectivity index (χ2v) is 6.30. The summed E-state index contributed by atoms with van der Waals surface area (Å²) >= 11 is 0. The van der Waals surface area contributed by atoms with Gasteiger partial charge in [-0.25, -0.2) is 9.97 Å². The van der Waals surface area contributed by atoms with Crippen LogP contribution < -0.4 is 15.2 Å². The number of hydrogen-bond donors (Lipinski definition) is 1. The highest BCUT2D eigenvalue weighted by Gasteiger charge is 2.22. The average Bonchev–Trinajstić information content (AvgIpc) is 2.73. The zero-order valence-electron chi connectivity index (χ0n) is 14.9. The number of amides is 1. The Labute approximate surface area is 161 Å². The molecular weight excluding hydrogens is 358 g/mol. The first-order valence-electron chi connectivity index (χ1n) is 8.74. The number of primary amides is 1. The molecular formula is C21H17N3O4. The maximum atomic E-state index is 12.0. The largest absolute Gasteiger partial charge is 0.492 e. The lowest BCUT2D eigenvalue weighted by atomic mass is 10.0. The fourth-order valence-corrected chi connectivity index (χ4v) is 3.03. The van der Waals surface area contributed by atoms with E-state index in [1.54, 1.807) is 54.7 Å². The number of carbonyl (C=O) groups excluding carboxylic acids is 2. The summed E-state index contributed by atoms with van der Waals surface area (Å²) in [5.74, 6) is 0.611. The molecule has 1 aromatic heterocycles. The van der Waals surface area contributed by atoms with E-state index in [4.69, 9.17) is 15.2 Å². The van der Waals surface area contributed by atoms with Gasteiger partial charge in [0.05, 0.1) is 17.9 Å². The maximum Gasteiger partial charge on any atom is 0.248 e. The zero-order chi connectivity index (χ0) is 19.5. The summed E-state index contributed by atoms with van der Waals surface area (Å²) in [6.45, 7) is 0.360. The van der Waals surface area contributed by atoms with Gasteiger partial charge < -0.3 is 15.2 Å². The van der Waals surface area contributed by atoms with Crippen LogP contribution in [0, 0.1) is 0 Å². The molecule has 0 aliphatic carbocycles. The molecule has 0 saturated heterocycles. The summed E-state index contributed by atoms with van der Waals surface area (Å²) in [6, 6.07) is 13.7. The Bertz CT molecular complexity index is 1020. The van der Waals surface area contributed by atoms with E-state index in [-0.39, 0.29) is 5.78 Å². The molecule has 0 saturated carbocycles. The molecule has 1 aliphatic rings. The number of nitrogens with two attached hydrogens (primary N) is 1. The molecule has 7 heteroatoms. The molecule has 140 valence electrons. The van der Waals surface area contributed by atoms with E-state index in [2.05, 4.69) is 9.97 Å². The summed E-state index contributed by atoms with van der Waals surface area (Å²) in [5, 5.41) is 0. The highest BCUT2D eigenvalue weighted by molar-refractivity contribution is 5.99. The number of rotatable bonds is 5. The third kappa shape index (κ3) is 3.55. The van der Waals surface area contributed by atoms with Gasteiger partial charge in [0.1, 0.15) is 17.8 Å². The van der Waals surface area contributed by atoms with Crippen LogP contribution in [0.25, 0.3) is 0 Å². The highest BCUT2D eigenvalue weighted by atomic mass is 16.5. The molecule has 1 aliphatic heterocycles. The highest BCUT2D eigenvalue weighted by Crippen LogP contribution is 2.33. The first-order chi connectivity index (χ1) is 13.6. The third-order valence-corrected chi connectivity index (χ3v) is 4.47. The lowest BCUT2D eigenvalue weighted by molar-refractivity contribution is 0.0932. The van der Waals surface area contributed by atoms with Crippen LogP contribution in [-0.2, 0) is 0 Å². The molecule has 2 heterocycles. The fraction of sp³-hybridized carbons (Fsp3) is 0.143. The summed E-state index contributed by atoms with van der Waals surface area (Å²) in [4.78, 5) is 31.6. The van der Waals surface area contributed by atoms with Crippen molar-refractivity contribution in [3.63, 3.8) is 0 Å². The van der Waals surface area contributed by atoms with Crippen molar-refractivity contribution in [2.45, 2.75) is 12.5 Å². The second-order valence-electron chi connectivity index (χ2n) is 6.30. The number of ketones is 1. The van der Waals surface area contributed by atoms with Gasteiger partial charge in [-0.3, -0.25) is 9.59 Å². The summed E-state index contributed by atoms with van der Waals surface area (Å²) in [7, 11) is 0. The van der Waals surface area contributed by atoms with Crippen LogP contribution in [0.1, 0.15) is 44.5 Å². The van der Waals surface area contributed by atoms with E-state index in [0.29, 0.717) is 41.3 Å². The minimum Gasteiger partial charge on any atom is -0.492 e. The van der Waals surface area contributed by atoms with E-state index in [1.165, 1.54) is 6.33 Å². The van der Waals surface area contributed by atoms with Gasteiger partial charge in [-0.05, 0) is 35.9 Å². The lowest BCUT2D eigenvalue weighted by Gasteiger charge is -2.21. The van der Waals surface area contributed by atoms with E-state index in [1.807, 2.05) is 0 Å². The Balaban J connectivity index is 1.68. The van der Waals surface area contributed by atoms with Crippen LogP contribution in [0.2, 0.25) is 0 Å². The molecule has 0 spiro atoms. The predicted molar refractivity (Wildman–Crippen MR) is 100 cm³/mol. The first-order valence-corrected chi connectivity index (χ1v) is 8.74. The van der Waals surface area contributed by atoms with Crippen LogP contribution in [0.3, 0.4) is 0 Å². The lowest BCUT2D eigenvalue weighted by Crippen LogP contribution is -2.16. The van der Waals surface area contributed by atoms with Crippen molar-refractivity contribution in [2.24, 2.45) is 5.73 Å².